The molecular formula is C6H9NS. The van der Waals surface area contributed by atoms with E-state index >= 15 is 0 Å². The number of allylic oxidation sites excluding steroid dienone is 3. The number of hydrogen-bond donors (Lipinski definition) is 1. The second-order valence-electron chi connectivity index (χ2n) is 1.83. The first-order chi connectivity index (χ1) is 3.80. The third kappa shape index (κ3) is 1.07. The quantitative estimate of drug-likeness (QED) is 0.500. The van der Waals surface area contributed by atoms with Crippen LogP contribution in [0.15, 0.2) is 22.8 Å². The van der Waals surface area contributed by atoms with Crippen LogP contribution in [-0.4, -0.2) is 0 Å². The first-order valence-electron chi connectivity index (χ1n) is 2.56. The van der Waals surface area contributed by atoms with E-state index in [1.54, 1.807) is 11.9 Å². The Hall–Kier alpha value is -0.370. The molecule has 0 aliphatic carbocycles. The van der Waals surface area contributed by atoms with E-state index in [4.69, 9.17) is 0 Å². The third-order valence-corrected chi connectivity index (χ3v) is 1.89. The minimum atomic E-state index is 1.26. The van der Waals surface area contributed by atoms with Gasteiger partial charge in [-0.3, -0.25) is 0 Å². The summed E-state index contributed by atoms with van der Waals surface area (Å²) in [6.07, 6.45) is 2.11. The van der Waals surface area contributed by atoms with Crippen LogP contribution in [0.2, 0.25) is 0 Å². The Morgan fingerprint density at radius 1 is 1.50 bits per heavy atom. The zero-order valence-electron chi connectivity index (χ0n) is 5.06. The van der Waals surface area contributed by atoms with Crippen LogP contribution in [0.4, 0.5) is 0 Å². The molecule has 0 unspecified atom stereocenters. The van der Waals surface area contributed by atoms with Gasteiger partial charge in [0, 0.05) is 5.70 Å². The maximum absolute atomic E-state index is 3.14. The summed E-state index contributed by atoms with van der Waals surface area (Å²) in [5.41, 5.74) is 2.58. The van der Waals surface area contributed by atoms with Crippen molar-refractivity contribution in [3.63, 3.8) is 0 Å². The molecule has 0 radical (unpaired) electrons. The fourth-order valence-corrected chi connectivity index (χ4v) is 1.14. The normalized spacial score (nSPS) is 18.8. The van der Waals surface area contributed by atoms with Crippen molar-refractivity contribution < 1.29 is 0 Å². The molecule has 0 aromatic heterocycles. The second-order valence-corrected chi connectivity index (χ2v) is 2.54. The van der Waals surface area contributed by atoms with Gasteiger partial charge < -0.3 is 4.72 Å². The Morgan fingerprint density at radius 3 is 2.62 bits per heavy atom. The molecule has 44 valence electrons. The van der Waals surface area contributed by atoms with Gasteiger partial charge in [-0.25, -0.2) is 0 Å². The van der Waals surface area contributed by atoms with Crippen molar-refractivity contribution in [3.05, 3.63) is 22.8 Å². The topological polar surface area (TPSA) is 12.0 Å². The van der Waals surface area contributed by atoms with Crippen molar-refractivity contribution in [2.75, 3.05) is 0 Å². The lowest BCUT2D eigenvalue weighted by Crippen LogP contribution is -2.02. The van der Waals surface area contributed by atoms with Crippen LogP contribution < -0.4 is 4.72 Å². The molecule has 0 spiro atoms. The molecule has 8 heavy (non-hydrogen) atoms. The summed E-state index contributed by atoms with van der Waals surface area (Å²) in [6, 6.07) is 0. The van der Waals surface area contributed by atoms with Crippen molar-refractivity contribution in [2.24, 2.45) is 0 Å². The molecule has 1 nitrogen and oxygen atoms in total. The lowest BCUT2D eigenvalue weighted by molar-refractivity contribution is 1.15. The molecule has 1 aliphatic rings. The molecule has 1 rings (SSSR count). The lowest BCUT2D eigenvalue weighted by atomic mass is 10.2. The van der Waals surface area contributed by atoms with Crippen LogP contribution in [0.1, 0.15) is 13.8 Å². The highest BCUT2D eigenvalue weighted by Crippen LogP contribution is 2.13. The van der Waals surface area contributed by atoms with Gasteiger partial charge in [0.25, 0.3) is 0 Å². The zero-order chi connectivity index (χ0) is 5.98. The molecule has 0 atom stereocenters. The Morgan fingerprint density at radius 2 is 2.25 bits per heavy atom. The Bertz CT molecular complexity index is 147. The highest BCUT2D eigenvalue weighted by atomic mass is 32.2. The largest absolute Gasteiger partial charge is 0.330 e. The number of hydrogen-bond acceptors (Lipinski definition) is 2. The van der Waals surface area contributed by atoms with Crippen LogP contribution >= 0.6 is 11.9 Å². The average molecular weight is 127 g/mol. The van der Waals surface area contributed by atoms with E-state index in [1.807, 2.05) is 5.41 Å². The van der Waals surface area contributed by atoms with Crippen LogP contribution in [0.3, 0.4) is 0 Å². The van der Waals surface area contributed by atoms with Crippen LogP contribution in [0.25, 0.3) is 0 Å². The summed E-state index contributed by atoms with van der Waals surface area (Å²) < 4.78 is 3.14. The molecule has 0 saturated heterocycles. The summed E-state index contributed by atoms with van der Waals surface area (Å²) in [7, 11) is 0. The second kappa shape index (κ2) is 2.27. The highest BCUT2D eigenvalue weighted by Gasteiger charge is 1.95. The molecule has 2 heteroatoms. The molecule has 0 aromatic rings. The van der Waals surface area contributed by atoms with Gasteiger partial charge >= 0.3 is 0 Å². The van der Waals surface area contributed by atoms with E-state index in [0.717, 1.165) is 0 Å². The smallest absolute Gasteiger partial charge is 0.0212 e. The fourth-order valence-electron chi connectivity index (χ4n) is 0.464. The van der Waals surface area contributed by atoms with Crippen LogP contribution in [0.5, 0.6) is 0 Å². The van der Waals surface area contributed by atoms with Gasteiger partial charge in [-0.15, -0.1) is 0 Å². The molecule has 1 aliphatic heterocycles. The van der Waals surface area contributed by atoms with E-state index in [2.05, 4.69) is 24.6 Å². The van der Waals surface area contributed by atoms with Gasteiger partial charge in [-0.05, 0) is 42.9 Å². The molecule has 0 fully saturated rings. The average Bonchev–Trinajstić information content (AvgIpc) is 1.77. The summed E-state index contributed by atoms with van der Waals surface area (Å²) in [4.78, 5) is 0. The minimum Gasteiger partial charge on any atom is -0.330 e. The maximum atomic E-state index is 3.14. The van der Waals surface area contributed by atoms with E-state index < -0.39 is 0 Å². The molecule has 1 N–H and O–H groups in total. The third-order valence-electron chi connectivity index (χ3n) is 1.19. The number of rotatable bonds is 0. The van der Waals surface area contributed by atoms with E-state index in [-0.39, 0.29) is 0 Å². The van der Waals surface area contributed by atoms with Gasteiger partial charge in [-0.2, -0.15) is 0 Å². The first kappa shape index (κ1) is 5.76. The first-order valence-corrected chi connectivity index (χ1v) is 3.44. The molecule has 0 bridgehead atoms. The highest BCUT2D eigenvalue weighted by molar-refractivity contribution is 8.00. The van der Waals surface area contributed by atoms with Crippen LogP contribution in [-0.2, 0) is 0 Å². The van der Waals surface area contributed by atoms with Crippen molar-refractivity contribution in [2.45, 2.75) is 13.8 Å². The lowest BCUT2D eigenvalue weighted by Gasteiger charge is -2.08. The zero-order valence-corrected chi connectivity index (χ0v) is 5.88. The molecule has 0 saturated carbocycles. The Balaban J connectivity index is 2.76. The van der Waals surface area contributed by atoms with Crippen molar-refractivity contribution >= 4 is 11.9 Å². The summed E-state index contributed by atoms with van der Waals surface area (Å²) in [6.45, 7) is 4.17. The van der Waals surface area contributed by atoms with Gasteiger partial charge in [0.2, 0.25) is 0 Å². The van der Waals surface area contributed by atoms with Gasteiger partial charge in [0.15, 0.2) is 0 Å². The Kier molecular flexibility index (Phi) is 1.63. The van der Waals surface area contributed by atoms with Gasteiger partial charge in [-0.1, -0.05) is 0 Å². The van der Waals surface area contributed by atoms with E-state index in [1.165, 1.54) is 11.3 Å². The molecule has 0 aromatic carbocycles. The van der Waals surface area contributed by atoms with Gasteiger partial charge in [0.05, 0.1) is 0 Å². The van der Waals surface area contributed by atoms with Gasteiger partial charge in [0.1, 0.15) is 0 Å². The summed E-state index contributed by atoms with van der Waals surface area (Å²) in [5, 5.41) is 2.04. The van der Waals surface area contributed by atoms with Crippen molar-refractivity contribution in [3.8, 4) is 0 Å². The molecule has 1 heterocycles. The summed E-state index contributed by atoms with van der Waals surface area (Å²) >= 11 is 1.62. The minimum absolute atomic E-state index is 1.26. The number of nitrogens with one attached hydrogen (secondary N) is 1. The van der Waals surface area contributed by atoms with Crippen LogP contribution in [0, 0.1) is 0 Å². The van der Waals surface area contributed by atoms with E-state index in [9.17, 15) is 0 Å². The van der Waals surface area contributed by atoms with Crippen molar-refractivity contribution in [1.29, 1.82) is 0 Å². The molecular weight excluding hydrogens is 118 g/mol. The predicted molar refractivity (Wildman–Crippen MR) is 38.2 cm³/mol. The predicted octanol–water partition coefficient (Wildman–Crippen LogP) is 2.05. The fraction of sp³-hybridized carbons (Fsp3) is 0.333. The standard InChI is InChI=1S/C6H9NS/c1-5-3-4-8-7-6(5)2/h3-4,7H,1-2H3. The maximum Gasteiger partial charge on any atom is 0.0212 e. The van der Waals surface area contributed by atoms with Crippen molar-refractivity contribution in [1.82, 2.24) is 4.72 Å². The summed E-state index contributed by atoms with van der Waals surface area (Å²) in [5.74, 6) is 0. The van der Waals surface area contributed by atoms with E-state index in [0.29, 0.717) is 0 Å². The Labute approximate surface area is 54.0 Å². The SMILES string of the molecule is CC1=C(C)NSC=C1. The monoisotopic (exact) mass is 127 g/mol. The molecule has 0 amide bonds.